The molecule has 0 bridgehead atoms. The summed E-state index contributed by atoms with van der Waals surface area (Å²) in [5.74, 6) is 0.659. The maximum absolute atomic E-state index is 12.6. The first-order valence-electron chi connectivity index (χ1n) is 8.67. The van der Waals surface area contributed by atoms with Crippen LogP contribution in [0.4, 0.5) is 11.6 Å². The van der Waals surface area contributed by atoms with E-state index in [0.29, 0.717) is 34.4 Å². The van der Waals surface area contributed by atoms with E-state index in [2.05, 4.69) is 40.4 Å². The molecule has 0 spiro atoms. The lowest BCUT2D eigenvalue weighted by molar-refractivity contribution is 0.0962. The van der Waals surface area contributed by atoms with Crippen LogP contribution in [0.15, 0.2) is 48.7 Å². The number of nitrogens with one attached hydrogen (secondary N) is 1. The number of rotatable bonds is 3. The Morgan fingerprint density at radius 1 is 1.07 bits per heavy atom. The molecule has 1 N–H and O–H groups in total. The smallest absolute Gasteiger partial charge is 0.227 e. The summed E-state index contributed by atoms with van der Waals surface area (Å²) in [6.45, 7) is 2.06. The van der Waals surface area contributed by atoms with Crippen molar-refractivity contribution in [2.45, 2.75) is 25.7 Å². The second-order valence-corrected chi connectivity index (χ2v) is 7.56. The summed E-state index contributed by atoms with van der Waals surface area (Å²) in [4.78, 5) is 21.4. The number of halogens is 2. The fourth-order valence-electron chi connectivity index (χ4n) is 3.37. The number of carbonyl (C=O) groups is 1. The van der Waals surface area contributed by atoms with Crippen molar-refractivity contribution >= 4 is 40.6 Å². The summed E-state index contributed by atoms with van der Waals surface area (Å²) in [6, 6.07) is 13.5. The van der Waals surface area contributed by atoms with Gasteiger partial charge in [0.05, 0.1) is 21.3 Å². The number of Topliss-reactive ketones (excluding diaryl/α,β-unsaturated/α-hetero) is 1. The van der Waals surface area contributed by atoms with Crippen LogP contribution in [0.3, 0.4) is 0 Å². The molecule has 0 radical (unpaired) electrons. The Kier molecular flexibility index (Phi) is 4.85. The molecule has 0 saturated carbocycles. The van der Waals surface area contributed by atoms with Gasteiger partial charge < -0.3 is 5.32 Å². The predicted molar refractivity (Wildman–Crippen MR) is 108 cm³/mol. The normalized spacial score (nSPS) is 16.1. The maximum Gasteiger partial charge on any atom is 0.227 e. The van der Waals surface area contributed by atoms with Crippen molar-refractivity contribution in [2.75, 3.05) is 5.32 Å². The van der Waals surface area contributed by atoms with E-state index in [1.165, 1.54) is 11.1 Å². The molecule has 4 rings (SSSR count). The SMILES string of the molecule is Cc1cccc([C@@H]2CC(=O)c3cnc(Nc4ccc(Cl)c(Cl)c4)nc3C2)c1. The fraction of sp³-hybridized carbons (Fsp3) is 0.190. The minimum Gasteiger partial charge on any atom is -0.324 e. The van der Waals surface area contributed by atoms with E-state index < -0.39 is 0 Å². The van der Waals surface area contributed by atoms with Crippen molar-refractivity contribution in [3.63, 3.8) is 0 Å². The molecule has 1 aliphatic carbocycles. The van der Waals surface area contributed by atoms with Crippen LogP contribution in [0.1, 0.15) is 39.5 Å². The summed E-state index contributed by atoms with van der Waals surface area (Å²) < 4.78 is 0. The Balaban J connectivity index is 1.62. The number of anilines is 2. The molecule has 1 aliphatic rings. The zero-order valence-electron chi connectivity index (χ0n) is 14.7. The van der Waals surface area contributed by atoms with Crippen LogP contribution in [-0.2, 0) is 6.42 Å². The fourth-order valence-corrected chi connectivity index (χ4v) is 3.67. The summed E-state index contributed by atoms with van der Waals surface area (Å²) in [7, 11) is 0. The van der Waals surface area contributed by atoms with Crippen LogP contribution in [0.25, 0.3) is 0 Å². The number of aryl methyl sites for hydroxylation is 1. The standard InChI is InChI=1S/C21H17Cl2N3O/c1-12-3-2-4-13(7-12)14-8-19-16(20(27)9-14)11-24-21(26-19)25-15-5-6-17(22)18(23)10-15/h2-7,10-11,14H,8-9H2,1H3,(H,24,25,26)/t14-/m0/s1. The van der Waals surface area contributed by atoms with Gasteiger partial charge in [0.2, 0.25) is 5.95 Å². The first-order chi connectivity index (χ1) is 13.0. The number of nitrogens with zero attached hydrogens (tertiary/aromatic N) is 2. The third-order valence-corrected chi connectivity index (χ3v) is 5.47. The van der Waals surface area contributed by atoms with E-state index >= 15 is 0 Å². The number of hydrogen-bond acceptors (Lipinski definition) is 4. The van der Waals surface area contributed by atoms with Crippen LogP contribution >= 0.6 is 23.2 Å². The average molecular weight is 398 g/mol. The highest BCUT2D eigenvalue weighted by molar-refractivity contribution is 6.42. The van der Waals surface area contributed by atoms with E-state index in [0.717, 1.165) is 11.4 Å². The van der Waals surface area contributed by atoms with E-state index in [1.807, 2.05) is 6.07 Å². The number of hydrogen-bond donors (Lipinski definition) is 1. The lowest BCUT2D eigenvalue weighted by atomic mass is 9.82. The van der Waals surface area contributed by atoms with Crippen LogP contribution in [0.5, 0.6) is 0 Å². The van der Waals surface area contributed by atoms with Crippen molar-refractivity contribution in [3.05, 3.63) is 81.1 Å². The molecule has 136 valence electrons. The number of benzene rings is 2. The number of aromatic nitrogens is 2. The number of carbonyl (C=O) groups excluding carboxylic acids is 1. The maximum atomic E-state index is 12.6. The number of fused-ring (bicyclic) bond motifs is 1. The molecule has 0 aliphatic heterocycles. The molecule has 0 fully saturated rings. The Morgan fingerprint density at radius 3 is 2.70 bits per heavy atom. The van der Waals surface area contributed by atoms with Crippen molar-refractivity contribution < 1.29 is 4.79 Å². The van der Waals surface area contributed by atoms with E-state index in [1.54, 1.807) is 24.4 Å². The summed E-state index contributed by atoms with van der Waals surface area (Å²) in [5, 5.41) is 4.06. The van der Waals surface area contributed by atoms with Gasteiger partial charge in [-0.25, -0.2) is 9.97 Å². The zero-order chi connectivity index (χ0) is 19.0. The molecule has 0 unspecified atom stereocenters. The molecule has 1 aromatic heterocycles. The molecule has 0 amide bonds. The van der Waals surface area contributed by atoms with Gasteiger partial charge in [0, 0.05) is 18.3 Å². The summed E-state index contributed by atoms with van der Waals surface area (Å²) >= 11 is 12.0. The van der Waals surface area contributed by atoms with E-state index in [9.17, 15) is 4.79 Å². The van der Waals surface area contributed by atoms with Crippen molar-refractivity contribution in [2.24, 2.45) is 0 Å². The highest BCUT2D eigenvalue weighted by atomic mass is 35.5. The molecule has 1 heterocycles. The molecule has 4 nitrogen and oxygen atoms in total. The summed E-state index contributed by atoms with van der Waals surface area (Å²) in [5.41, 5.74) is 4.48. The van der Waals surface area contributed by atoms with E-state index in [-0.39, 0.29) is 11.7 Å². The minimum absolute atomic E-state index is 0.0869. The predicted octanol–water partition coefficient (Wildman–Crippen LogP) is 5.75. The Morgan fingerprint density at radius 2 is 1.93 bits per heavy atom. The van der Waals surface area contributed by atoms with Gasteiger partial charge in [0.25, 0.3) is 0 Å². The lowest BCUT2D eigenvalue weighted by Gasteiger charge is -2.23. The van der Waals surface area contributed by atoms with Crippen LogP contribution in [0.2, 0.25) is 10.0 Å². The number of ketones is 1. The minimum atomic E-state index is 0.0869. The van der Waals surface area contributed by atoms with Gasteiger partial charge in [-0.05, 0) is 43.0 Å². The van der Waals surface area contributed by atoms with Crippen molar-refractivity contribution in [1.29, 1.82) is 0 Å². The molecule has 6 heteroatoms. The first-order valence-corrected chi connectivity index (χ1v) is 9.43. The highest BCUT2D eigenvalue weighted by Gasteiger charge is 2.28. The van der Waals surface area contributed by atoms with Gasteiger partial charge in [-0.1, -0.05) is 53.0 Å². The van der Waals surface area contributed by atoms with Gasteiger partial charge in [-0.15, -0.1) is 0 Å². The zero-order valence-corrected chi connectivity index (χ0v) is 16.2. The first kappa shape index (κ1) is 18.0. The average Bonchev–Trinajstić information content (AvgIpc) is 2.64. The van der Waals surface area contributed by atoms with Crippen LogP contribution < -0.4 is 5.32 Å². The van der Waals surface area contributed by atoms with Crippen LogP contribution in [0, 0.1) is 6.92 Å². The molecular formula is C21H17Cl2N3O. The van der Waals surface area contributed by atoms with Gasteiger partial charge >= 0.3 is 0 Å². The quantitative estimate of drug-likeness (QED) is 0.611. The molecular weight excluding hydrogens is 381 g/mol. The van der Waals surface area contributed by atoms with Gasteiger partial charge in [0.1, 0.15) is 0 Å². The lowest BCUT2D eigenvalue weighted by Crippen LogP contribution is -2.21. The van der Waals surface area contributed by atoms with Gasteiger partial charge in [-0.2, -0.15) is 0 Å². The topological polar surface area (TPSA) is 54.9 Å². The molecule has 2 aromatic carbocycles. The Bertz CT molecular complexity index is 1040. The monoisotopic (exact) mass is 397 g/mol. The molecule has 1 atom stereocenters. The summed E-state index contributed by atoms with van der Waals surface area (Å²) in [6.07, 6.45) is 2.81. The van der Waals surface area contributed by atoms with Crippen LogP contribution in [-0.4, -0.2) is 15.8 Å². The highest BCUT2D eigenvalue weighted by Crippen LogP contribution is 2.33. The second-order valence-electron chi connectivity index (χ2n) is 6.75. The van der Waals surface area contributed by atoms with Crippen molar-refractivity contribution in [3.8, 4) is 0 Å². The molecule has 27 heavy (non-hydrogen) atoms. The second kappa shape index (κ2) is 7.29. The third-order valence-electron chi connectivity index (χ3n) is 4.73. The molecule has 3 aromatic rings. The molecule has 0 saturated heterocycles. The van der Waals surface area contributed by atoms with Gasteiger partial charge in [0.15, 0.2) is 5.78 Å². The Labute approximate surface area is 167 Å². The third kappa shape index (κ3) is 3.82. The van der Waals surface area contributed by atoms with Crippen molar-refractivity contribution in [1.82, 2.24) is 9.97 Å². The van der Waals surface area contributed by atoms with E-state index in [4.69, 9.17) is 23.2 Å². The largest absolute Gasteiger partial charge is 0.324 e. The Hall–Kier alpha value is -2.43. The van der Waals surface area contributed by atoms with Gasteiger partial charge in [-0.3, -0.25) is 4.79 Å².